The van der Waals surface area contributed by atoms with Gasteiger partial charge in [0.1, 0.15) is 0 Å². The minimum absolute atomic E-state index is 0.0951. The second-order valence-electron chi connectivity index (χ2n) is 7.96. The third-order valence-electron chi connectivity index (χ3n) is 5.70. The van der Waals surface area contributed by atoms with Crippen LogP contribution in [0.25, 0.3) is 22.3 Å². The Bertz CT molecular complexity index is 1220. The first kappa shape index (κ1) is 23.8. The van der Waals surface area contributed by atoms with Crippen molar-refractivity contribution in [1.29, 1.82) is 5.26 Å². The van der Waals surface area contributed by atoms with Crippen LogP contribution in [0.1, 0.15) is 5.56 Å². The summed E-state index contributed by atoms with van der Waals surface area (Å²) in [5.74, 6) is 3.00. The average Bonchev–Trinajstić information content (AvgIpc) is 2.88. The second kappa shape index (κ2) is 10.7. The van der Waals surface area contributed by atoms with Crippen molar-refractivity contribution < 1.29 is 9.53 Å². The van der Waals surface area contributed by atoms with Crippen molar-refractivity contribution in [3.05, 3.63) is 36.3 Å². The van der Waals surface area contributed by atoms with Crippen molar-refractivity contribution >= 4 is 37.7 Å². The van der Waals surface area contributed by atoms with E-state index in [1.807, 2.05) is 17.0 Å². The van der Waals surface area contributed by atoms with Crippen molar-refractivity contribution in [1.82, 2.24) is 29.7 Å². The zero-order valence-electron chi connectivity index (χ0n) is 19.4. The number of aromatic nitrogens is 4. The first-order chi connectivity index (χ1) is 16.5. The summed E-state index contributed by atoms with van der Waals surface area (Å²) in [6.07, 6.45) is 3.09. The Labute approximate surface area is 204 Å². The van der Waals surface area contributed by atoms with Gasteiger partial charge in [-0.1, -0.05) is 0 Å². The SMILES string of the molecule is COc1ncc(-c2ccc3ncnc(N[C@@H](C[Se]C)C(=O)N4CCN(C)CC4)c3n2)cc1C#N. The molecule has 11 heteroatoms. The molecule has 10 nitrogen and oxygen atoms in total. The molecule has 0 spiro atoms. The normalized spacial score (nSPS) is 15.1. The number of carbonyl (C=O) groups excluding carboxylic acids is 1. The van der Waals surface area contributed by atoms with Gasteiger partial charge in [0.25, 0.3) is 0 Å². The van der Waals surface area contributed by atoms with Crippen LogP contribution >= 0.6 is 0 Å². The Morgan fingerprint density at radius 1 is 1.26 bits per heavy atom. The monoisotopic (exact) mass is 526 g/mol. The number of fused-ring (bicyclic) bond motifs is 1. The third kappa shape index (κ3) is 5.09. The molecule has 176 valence electrons. The number of ether oxygens (including phenoxy) is 1. The van der Waals surface area contributed by atoms with Crippen LogP contribution in [0.5, 0.6) is 5.88 Å². The number of nitrogens with one attached hydrogen (secondary N) is 1. The number of piperazine rings is 1. The molecular weight excluding hydrogens is 499 g/mol. The molecule has 0 aromatic carbocycles. The molecule has 1 N–H and O–H groups in total. The summed E-state index contributed by atoms with van der Waals surface area (Å²) < 4.78 is 5.14. The number of anilines is 1. The van der Waals surface area contributed by atoms with Crippen LogP contribution in [0.15, 0.2) is 30.7 Å². The Hall–Kier alpha value is -3.32. The molecule has 0 aliphatic carbocycles. The number of rotatable bonds is 7. The molecule has 1 aliphatic heterocycles. The van der Waals surface area contributed by atoms with Gasteiger partial charge in [-0.3, -0.25) is 0 Å². The van der Waals surface area contributed by atoms with Gasteiger partial charge in [-0.15, -0.1) is 0 Å². The number of nitrogens with zero attached hydrogens (tertiary/aromatic N) is 7. The summed E-state index contributed by atoms with van der Waals surface area (Å²) in [4.78, 5) is 35.2. The molecule has 0 saturated carbocycles. The number of likely N-dealkylation sites (N-methyl/N-ethyl adjacent to an activating group) is 1. The molecule has 4 rings (SSSR count). The molecule has 3 aromatic rings. The van der Waals surface area contributed by atoms with Gasteiger partial charge in [-0.05, 0) is 0 Å². The summed E-state index contributed by atoms with van der Waals surface area (Å²) in [5.41, 5.74) is 2.85. The number of methoxy groups -OCH3 is 1. The maximum absolute atomic E-state index is 13.3. The predicted octanol–water partition coefficient (Wildman–Crippen LogP) is 1.69. The number of carbonyl (C=O) groups is 1. The van der Waals surface area contributed by atoms with E-state index in [2.05, 4.69) is 44.1 Å². The van der Waals surface area contributed by atoms with Gasteiger partial charge < -0.3 is 0 Å². The van der Waals surface area contributed by atoms with Crippen molar-refractivity contribution in [2.24, 2.45) is 0 Å². The van der Waals surface area contributed by atoms with Gasteiger partial charge in [0, 0.05) is 0 Å². The van der Waals surface area contributed by atoms with Gasteiger partial charge in [-0.25, -0.2) is 0 Å². The fourth-order valence-corrected chi connectivity index (χ4v) is 4.97. The van der Waals surface area contributed by atoms with Crippen molar-refractivity contribution in [2.75, 3.05) is 45.7 Å². The van der Waals surface area contributed by atoms with Crippen molar-refractivity contribution in [3.8, 4) is 23.2 Å². The second-order valence-corrected chi connectivity index (χ2v) is 9.87. The number of nitriles is 1. The van der Waals surface area contributed by atoms with E-state index in [-0.39, 0.29) is 17.8 Å². The van der Waals surface area contributed by atoms with Gasteiger partial charge in [-0.2, -0.15) is 0 Å². The van der Waals surface area contributed by atoms with Crippen LogP contribution in [0.4, 0.5) is 5.82 Å². The quantitative estimate of drug-likeness (QED) is 0.460. The zero-order valence-corrected chi connectivity index (χ0v) is 21.1. The Morgan fingerprint density at radius 3 is 2.76 bits per heavy atom. The standard InChI is InChI=1S/C23H26N8O2Se/c1-30-6-8-31(9-7-30)23(32)19(13-34-3)29-21-20-18(26-14-27-21)5-4-17(28-20)16-10-15(11-24)22(33-2)25-12-16/h4-5,10,12,14,19H,6-9,13H2,1-3H3,(H,26,27,29)/t19-/m0/s1. The molecule has 0 bridgehead atoms. The van der Waals surface area contributed by atoms with Crippen molar-refractivity contribution in [3.63, 3.8) is 0 Å². The van der Waals surface area contributed by atoms with E-state index in [1.165, 1.54) is 13.4 Å². The van der Waals surface area contributed by atoms with Gasteiger partial charge >= 0.3 is 197 Å². The third-order valence-corrected chi connectivity index (χ3v) is 7.10. The molecule has 34 heavy (non-hydrogen) atoms. The van der Waals surface area contributed by atoms with E-state index in [0.29, 0.717) is 48.6 Å². The van der Waals surface area contributed by atoms with Crippen LogP contribution in [-0.2, 0) is 4.79 Å². The molecule has 1 atom stereocenters. The topological polar surface area (TPSA) is 120 Å². The van der Waals surface area contributed by atoms with E-state index < -0.39 is 0 Å². The Morgan fingerprint density at radius 2 is 2.06 bits per heavy atom. The van der Waals surface area contributed by atoms with E-state index >= 15 is 0 Å². The maximum atomic E-state index is 13.3. The van der Waals surface area contributed by atoms with E-state index in [9.17, 15) is 10.1 Å². The van der Waals surface area contributed by atoms with Gasteiger partial charge in [0.15, 0.2) is 0 Å². The molecule has 4 heterocycles. The number of amides is 1. The first-order valence-corrected chi connectivity index (χ1v) is 13.8. The van der Waals surface area contributed by atoms with Crippen LogP contribution in [0.3, 0.4) is 0 Å². The fraction of sp³-hybridized carbons (Fsp3) is 0.391. The predicted molar refractivity (Wildman–Crippen MR) is 130 cm³/mol. The van der Waals surface area contributed by atoms with Gasteiger partial charge in [0.2, 0.25) is 0 Å². The van der Waals surface area contributed by atoms with Crippen molar-refractivity contribution in [2.45, 2.75) is 17.2 Å². The molecule has 0 unspecified atom stereocenters. The molecule has 1 fully saturated rings. The van der Waals surface area contributed by atoms with Crippen LogP contribution in [0.2, 0.25) is 11.1 Å². The number of pyridine rings is 2. The number of hydrogen-bond donors (Lipinski definition) is 1. The Kier molecular flexibility index (Phi) is 7.52. The summed E-state index contributed by atoms with van der Waals surface area (Å²) >= 11 is 0.295. The minimum atomic E-state index is -0.371. The van der Waals surface area contributed by atoms with Gasteiger partial charge in [0.05, 0.1) is 7.11 Å². The van der Waals surface area contributed by atoms with E-state index in [4.69, 9.17) is 9.72 Å². The number of hydrogen-bond acceptors (Lipinski definition) is 9. The van der Waals surface area contributed by atoms with Crippen LogP contribution in [0, 0.1) is 11.3 Å². The molecule has 1 saturated heterocycles. The van der Waals surface area contributed by atoms with Crippen LogP contribution in [-0.4, -0.2) is 97.0 Å². The van der Waals surface area contributed by atoms with Crippen LogP contribution < -0.4 is 10.1 Å². The molecule has 0 radical (unpaired) electrons. The molecule has 3 aromatic heterocycles. The zero-order chi connectivity index (χ0) is 24.1. The first-order valence-electron chi connectivity index (χ1n) is 10.8. The average molecular weight is 525 g/mol. The van der Waals surface area contributed by atoms with E-state index in [0.717, 1.165) is 31.5 Å². The molecule has 1 aliphatic rings. The fourth-order valence-electron chi connectivity index (χ4n) is 3.80. The molecule has 1 amide bonds. The Balaban J connectivity index is 1.66. The summed E-state index contributed by atoms with van der Waals surface area (Å²) in [6.45, 7) is 3.20. The molecular formula is C23H26N8O2Se. The summed E-state index contributed by atoms with van der Waals surface area (Å²) in [6, 6.07) is 7.09. The summed E-state index contributed by atoms with van der Waals surface area (Å²) in [5, 5.41) is 13.5. The van der Waals surface area contributed by atoms with E-state index in [1.54, 1.807) is 12.3 Å². The summed E-state index contributed by atoms with van der Waals surface area (Å²) in [7, 11) is 3.55.